The first-order chi connectivity index (χ1) is 49.6. The molecule has 101 heavy (non-hydrogen) atoms. The number of esters is 2. The van der Waals surface area contributed by atoms with Gasteiger partial charge < -0.3 is 28.5 Å². The second kappa shape index (κ2) is 82.4. The standard InChI is InChI=1S/C92H169NO8/c1-6-8-10-12-14-16-18-20-22-24-26-28-30-32-34-36-38-40-42-44-45-47-48-50-52-54-56-58-60-62-64-66-68-70-72-74-76-78-80-82-89(94)99-86-88(87-100-92(91(96)97)98-85-84-93(3,4)5)101-90(95)83-81-79-77-75-73-71-69-67-65-63-61-59-57-55-53-51-49-46-43-41-39-37-35-33-31-29-27-25-23-21-19-17-15-13-11-9-7-2/h9,11,15,17,21,23-24,26-27,29,33,35,88,92H,6-8,10,12-14,16,18-20,22,25,28,30-32,34,36-87H2,1-5H3/p+1/b11-9-,17-15-,23-21-,26-24-,29-27-,35-33-. The van der Waals surface area contributed by atoms with Crippen molar-refractivity contribution in [2.75, 3.05) is 47.5 Å². The lowest BCUT2D eigenvalue weighted by Gasteiger charge is -2.25. The predicted molar refractivity (Wildman–Crippen MR) is 438 cm³/mol. The average molecular weight is 1420 g/mol. The predicted octanol–water partition coefficient (Wildman–Crippen LogP) is 28.7. The van der Waals surface area contributed by atoms with Crippen LogP contribution in [0.3, 0.4) is 0 Å². The summed E-state index contributed by atoms with van der Waals surface area (Å²) in [6, 6.07) is 0. The van der Waals surface area contributed by atoms with Crippen LogP contribution < -0.4 is 0 Å². The van der Waals surface area contributed by atoms with Gasteiger partial charge in [-0.1, -0.05) is 414 Å². The molecule has 0 radical (unpaired) electrons. The molecule has 0 fully saturated rings. The van der Waals surface area contributed by atoms with Gasteiger partial charge in [-0.25, -0.2) is 4.79 Å². The molecular weight excluding hydrogens is 1250 g/mol. The van der Waals surface area contributed by atoms with Gasteiger partial charge in [0.05, 0.1) is 34.4 Å². The molecule has 0 aromatic rings. The summed E-state index contributed by atoms with van der Waals surface area (Å²) < 4.78 is 23.1. The van der Waals surface area contributed by atoms with Crippen LogP contribution in [-0.4, -0.2) is 87.4 Å². The van der Waals surface area contributed by atoms with Crippen molar-refractivity contribution in [2.45, 2.75) is 450 Å². The summed E-state index contributed by atoms with van der Waals surface area (Å²) in [5, 5.41) is 9.79. The maximum atomic E-state index is 13.0. The molecule has 0 aromatic carbocycles. The van der Waals surface area contributed by atoms with Crippen LogP contribution >= 0.6 is 0 Å². The van der Waals surface area contributed by atoms with Crippen molar-refractivity contribution in [1.82, 2.24) is 0 Å². The molecule has 2 atom stereocenters. The molecule has 0 heterocycles. The number of quaternary nitrogens is 1. The molecule has 9 heteroatoms. The van der Waals surface area contributed by atoms with E-state index in [9.17, 15) is 19.5 Å². The minimum Gasteiger partial charge on any atom is -0.477 e. The zero-order chi connectivity index (χ0) is 73.2. The zero-order valence-corrected chi connectivity index (χ0v) is 67.8. The summed E-state index contributed by atoms with van der Waals surface area (Å²) in [6.45, 7) is 4.84. The first kappa shape index (κ1) is 97.7. The van der Waals surface area contributed by atoms with E-state index in [2.05, 4.69) is 86.8 Å². The van der Waals surface area contributed by atoms with E-state index in [0.29, 0.717) is 17.4 Å². The summed E-state index contributed by atoms with van der Waals surface area (Å²) in [5.41, 5.74) is 0. The van der Waals surface area contributed by atoms with E-state index in [1.165, 1.54) is 340 Å². The van der Waals surface area contributed by atoms with E-state index in [-0.39, 0.29) is 38.2 Å². The lowest BCUT2D eigenvalue weighted by Crippen LogP contribution is -2.40. The number of carbonyl (C=O) groups is 3. The maximum Gasteiger partial charge on any atom is 0.361 e. The topological polar surface area (TPSA) is 108 Å². The van der Waals surface area contributed by atoms with Crippen molar-refractivity contribution in [3.8, 4) is 0 Å². The van der Waals surface area contributed by atoms with E-state index in [1.54, 1.807) is 0 Å². The van der Waals surface area contributed by atoms with Gasteiger partial charge in [0.1, 0.15) is 13.2 Å². The highest BCUT2D eigenvalue weighted by atomic mass is 16.7. The lowest BCUT2D eigenvalue weighted by atomic mass is 10.0. The van der Waals surface area contributed by atoms with Gasteiger partial charge in [-0.05, 0) is 83.5 Å². The Hall–Kier alpha value is -3.27. The van der Waals surface area contributed by atoms with Gasteiger partial charge in [-0.15, -0.1) is 0 Å². The van der Waals surface area contributed by atoms with Gasteiger partial charge in [0.15, 0.2) is 6.10 Å². The van der Waals surface area contributed by atoms with Crippen LogP contribution in [0.4, 0.5) is 0 Å². The minimum absolute atomic E-state index is 0.177. The summed E-state index contributed by atoms with van der Waals surface area (Å²) in [4.78, 5) is 37.8. The molecule has 0 aliphatic carbocycles. The number of likely N-dealkylation sites (N-methyl/N-ethyl adjacent to an activating group) is 1. The molecule has 9 nitrogen and oxygen atoms in total. The Morgan fingerprint density at radius 3 is 0.851 bits per heavy atom. The summed E-state index contributed by atoms with van der Waals surface area (Å²) >= 11 is 0. The first-order valence-corrected chi connectivity index (χ1v) is 44.1. The summed E-state index contributed by atoms with van der Waals surface area (Å²) in [6.07, 6.45) is 110. The quantitative estimate of drug-likeness (QED) is 0.0211. The third-order valence-corrected chi connectivity index (χ3v) is 19.9. The van der Waals surface area contributed by atoms with Gasteiger partial charge in [-0.3, -0.25) is 9.59 Å². The number of allylic oxidation sites excluding steroid dienone is 12. The Kier molecular flexibility index (Phi) is 79.7. The van der Waals surface area contributed by atoms with Gasteiger partial charge in [0, 0.05) is 12.8 Å². The maximum absolute atomic E-state index is 13.0. The molecule has 1 N–H and O–H groups in total. The van der Waals surface area contributed by atoms with Crippen LogP contribution in [0, 0.1) is 0 Å². The first-order valence-electron chi connectivity index (χ1n) is 44.1. The fraction of sp³-hybridized carbons (Fsp3) is 0.837. The molecular formula is C92H170NO8+. The molecule has 0 amide bonds. The van der Waals surface area contributed by atoms with E-state index < -0.39 is 18.4 Å². The van der Waals surface area contributed by atoms with Crippen molar-refractivity contribution in [1.29, 1.82) is 0 Å². The van der Waals surface area contributed by atoms with E-state index in [0.717, 1.165) is 70.6 Å². The number of carbonyl (C=O) groups excluding carboxylic acids is 2. The number of rotatable bonds is 83. The fourth-order valence-electron chi connectivity index (χ4n) is 13.3. The van der Waals surface area contributed by atoms with Crippen LogP contribution in [0.5, 0.6) is 0 Å². The van der Waals surface area contributed by atoms with Crippen LogP contribution in [0.1, 0.15) is 438 Å². The van der Waals surface area contributed by atoms with Crippen molar-refractivity contribution >= 4 is 17.9 Å². The number of hydrogen-bond donors (Lipinski definition) is 1. The molecule has 0 aliphatic rings. The monoisotopic (exact) mass is 1420 g/mol. The third-order valence-electron chi connectivity index (χ3n) is 19.9. The zero-order valence-electron chi connectivity index (χ0n) is 67.8. The Morgan fingerprint density at radius 2 is 0.564 bits per heavy atom. The second-order valence-corrected chi connectivity index (χ2v) is 31.2. The second-order valence-electron chi connectivity index (χ2n) is 31.2. The number of carboxylic acid groups (broad SMARTS) is 1. The number of ether oxygens (including phenoxy) is 4. The van der Waals surface area contributed by atoms with Crippen LogP contribution in [-0.2, 0) is 33.3 Å². The number of unbranched alkanes of at least 4 members (excludes halogenated alkanes) is 56. The summed E-state index contributed by atoms with van der Waals surface area (Å²) in [5.74, 6) is -1.97. The fourth-order valence-corrected chi connectivity index (χ4v) is 13.3. The highest BCUT2D eigenvalue weighted by Gasteiger charge is 2.25. The highest BCUT2D eigenvalue weighted by molar-refractivity contribution is 5.71. The van der Waals surface area contributed by atoms with Gasteiger partial charge in [0.2, 0.25) is 0 Å². The van der Waals surface area contributed by atoms with Gasteiger partial charge >= 0.3 is 17.9 Å². The summed E-state index contributed by atoms with van der Waals surface area (Å²) in [7, 11) is 6.00. The lowest BCUT2D eigenvalue weighted by molar-refractivity contribution is -0.870. The van der Waals surface area contributed by atoms with Crippen molar-refractivity contribution in [3.05, 3.63) is 72.9 Å². The molecule has 0 saturated carbocycles. The molecule has 0 saturated heterocycles. The third kappa shape index (κ3) is 83.9. The van der Waals surface area contributed by atoms with Crippen molar-refractivity contribution in [3.63, 3.8) is 0 Å². The van der Waals surface area contributed by atoms with E-state index in [4.69, 9.17) is 18.9 Å². The SMILES string of the molecule is CC/C=C\C/C=C\C/C=C\C/C=C\C/C=C\CCCCCCCCCCCCCCCCCCCCCCCC(=O)OC(COC(=O)CCCCCCCCCCCCCCCCCCCCCCCCCCCCC/C=C\CCCCCCCCCC)COC(OCC[N+](C)(C)C)C(=O)O. The number of carboxylic acids is 1. The Labute approximate surface area is 628 Å². The number of aliphatic carboxylic acids is 1. The molecule has 590 valence electrons. The Bertz CT molecular complexity index is 1900. The van der Waals surface area contributed by atoms with Crippen LogP contribution in [0.15, 0.2) is 72.9 Å². The van der Waals surface area contributed by atoms with E-state index in [1.807, 2.05) is 21.1 Å². The minimum atomic E-state index is -1.51. The van der Waals surface area contributed by atoms with Gasteiger partial charge in [0.25, 0.3) is 6.29 Å². The molecule has 2 unspecified atom stereocenters. The normalized spacial score (nSPS) is 12.9. The largest absolute Gasteiger partial charge is 0.477 e. The van der Waals surface area contributed by atoms with Crippen molar-refractivity contribution in [2.24, 2.45) is 0 Å². The van der Waals surface area contributed by atoms with Crippen LogP contribution in [0.2, 0.25) is 0 Å². The molecule has 0 rings (SSSR count). The van der Waals surface area contributed by atoms with E-state index >= 15 is 0 Å². The Balaban J connectivity index is 3.91. The van der Waals surface area contributed by atoms with Crippen molar-refractivity contribution < 1.29 is 42.9 Å². The molecule has 0 spiro atoms. The average Bonchev–Trinajstić information content (AvgIpc) is 1.25. The Morgan fingerprint density at radius 1 is 0.307 bits per heavy atom. The van der Waals surface area contributed by atoms with Gasteiger partial charge in [-0.2, -0.15) is 0 Å². The smallest absolute Gasteiger partial charge is 0.361 e. The molecule has 0 bridgehead atoms. The molecule has 0 aliphatic heterocycles. The molecule has 0 aromatic heterocycles. The number of nitrogens with zero attached hydrogens (tertiary/aromatic N) is 1. The highest BCUT2D eigenvalue weighted by Crippen LogP contribution is 2.20. The number of hydrogen-bond acceptors (Lipinski definition) is 7. The van der Waals surface area contributed by atoms with Crippen LogP contribution in [0.25, 0.3) is 0 Å².